The molecule has 0 radical (unpaired) electrons. The molecule has 4 rings (SSSR count). The summed E-state index contributed by atoms with van der Waals surface area (Å²) >= 11 is 1.36. The largest absolute Gasteiger partial charge is 0.504 e. The predicted molar refractivity (Wildman–Crippen MR) is 144 cm³/mol. The van der Waals surface area contributed by atoms with Crippen molar-refractivity contribution < 1.29 is 14.6 Å². The van der Waals surface area contributed by atoms with Crippen LogP contribution in [0.5, 0.6) is 11.5 Å². The first-order valence-corrected chi connectivity index (χ1v) is 12.4. The third kappa shape index (κ3) is 6.03. The summed E-state index contributed by atoms with van der Waals surface area (Å²) in [5.41, 5.74) is 3.44. The zero-order valence-electron chi connectivity index (χ0n) is 19.7. The lowest BCUT2D eigenvalue weighted by molar-refractivity contribution is -0.122. The van der Waals surface area contributed by atoms with E-state index in [-0.39, 0.29) is 11.7 Å². The Morgan fingerprint density at radius 1 is 1.09 bits per heavy atom. The molecule has 0 unspecified atom stereocenters. The third-order valence-corrected chi connectivity index (χ3v) is 6.48. The fourth-order valence-corrected chi connectivity index (χ4v) is 4.81. The van der Waals surface area contributed by atoms with Gasteiger partial charge in [0.25, 0.3) is 5.91 Å². The first-order chi connectivity index (χ1) is 17.1. The number of amidine groups is 1. The van der Waals surface area contributed by atoms with Gasteiger partial charge in [0.15, 0.2) is 16.7 Å². The highest BCUT2D eigenvalue weighted by Gasteiger charge is 2.33. The molecule has 0 bridgehead atoms. The van der Waals surface area contributed by atoms with Gasteiger partial charge in [-0.2, -0.15) is 0 Å². The van der Waals surface area contributed by atoms with Gasteiger partial charge in [-0.3, -0.25) is 9.69 Å². The number of aromatic hydroxyl groups is 1. The molecule has 5 nitrogen and oxygen atoms in total. The van der Waals surface area contributed by atoms with Crippen LogP contribution in [0.25, 0.3) is 6.08 Å². The molecule has 3 aromatic rings. The number of allylic oxidation sites excluding steroid dienone is 1. The fourth-order valence-electron chi connectivity index (χ4n) is 3.79. The van der Waals surface area contributed by atoms with Crippen LogP contribution >= 0.6 is 11.8 Å². The maximum absolute atomic E-state index is 13.5. The van der Waals surface area contributed by atoms with E-state index in [1.165, 1.54) is 11.8 Å². The van der Waals surface area contributed by atoms with E-state index in [1.54, 1.807) is 17.0 Å². The van der Waals surface area contributed by atoms with E-state index in [4.69, 9.17) is 9.73 Å². The zero-order valence-corrected chi connectivity index (χ0v) is 20.5. The Hall–Kier alpha value is -3.77. The number of phenolic OH excluding ortho intramolecular Hbond substituents is 1. The fraction of sp³-hybridized carbons (Fsp3) is 0.172. The molecule has 0 atom stereocenters. The molecule has 0 aliphatic carbocycles. The molecule has 1 N–H and O–H groups in total. The zero-order chi connectivity index (χ0) is 24.6. The Labute approximate surface area is 210 Å². The number of carbonyl (C=O) groups is 1. The number of ether oxygens (including phenoxy) is 1. The summed E-state index contributed by atoms with van der Waals surface area (Å²) in [6.07, 6.45) is 4.79. The second-order valence-corrected chi connectivity index (χ2v) is 8.99. The van der Waals surface area contributed by atoms with E-state index < -0.39 is 0 Å². The molecule has 1 aliphatic rings. The molecule has 1 fully saturated rings. The number of amides is 1. The minimum atomic E-state index is -0.0862. The maximum atomic E-state index is 13.5. The smallest absolute Gasteiger partial charge is 0.266 e. The maximum Gasteiger partial charge on any atom is 0.266 e. The quantitative estimate of drug-likeness (QED) is 0.283. The first kappa shape index (κ1) is 24.4. The number of hydrogen-bond donors (Lipinski definition) is 1. The summed E-state index contributed by atoms with van der Waals surface area (Å²) < 4.78 is 5.62. The summed E-state index contributed by atoms with van der Waals surface area (Å²) in [6.45, 7) is 6.60. The van der Waals surface area contributed by atoms with E-state index in [0.29, 0.717) is 41.0 Å². The van der Waals surface area contributed by atoms with Gasteiger partial charge < -0.3 is 9.84 Å². The Morgan fingerprint density at radius 2 is 1.80 bits per heavy atom. The van der Waals surface area contributed by atoms with Gasteiger partial charge in [-0.15, -0.1) is 6.58 Å². The molecule has 0 aromatic heterocycles. The third-order valence-electron chi connectivity index (χ3n) is 5.47. The van der Waals surface area contributed by atoms with E-state index in [2.05, 4.69) is 18.7 Å². The summed E-state index contributed by atoms with van der Waals surface area (Å²) in [4.78, 5) is 20.6. The van der Waals surface area contributed by atoms with Crippen molar-refractivity contribution in [3.8, 4) is 11.5 Å². The number of carbonyl (C=O) groups excluding carboxylic acids is 1. The van der Waals surface area contributed by atoms with Crippen LogP contribution in [0.15, 0.2) is 95.3 Å². The van der Waals surface area contributed by atoms with Crippen molar-refractivity contribution >= 4 is 34.6 Å². The van der Waals surface area contributed by atoms with Crippen LogP contribution in [0.4, 0.5) is 5.69 Å². The minimum absolute atomic E-state index is 0.0862. The predicted octanol–water partition coefficient (Wildman–Crippen LogP) is 6.37. The molecule has 6 heteroatoms. The minimum Gasteiger partial charge on any atom is -0.504 e. The molecule has 3 aromatic carbocycles. The Bertz CT molecular complexity index is 1250. The van der Waals surface area contributed by atoms with Crippen molar-refractivity contribution in [3.63, 3.8) is 0 Å². The highest BCUT2D eigenvalue weighted by molar-refractivity contribution is 8.18. The molecular formula is C29H28N2O3S. The number of hydrogen-bond acceptors (Lipinski definition) is 5. The van der Waals surface area contributed by atoms with Gasteiger partial charge in [-0.05, 0) is 73.0 Å². The second-order valence-electron chi connectivity index (χ2n) is 7.99. The van der Waals surface area contributed by atoms with Gasteiger partial charge >= 0.3 is 0 Å². The van der Waals surface area contributed by atoms with Gasteiger partial charge in [-0.1, -0.05) is 54.6 Å². The Kier molecular flexibility index (Phi) is 8.06. The molecule has 0 spiro atoms. The van der Waals surface area contributed by atoms with Crippen molar-refractivity contribution in [2.45, 2.75) is 19.8 Å². The van der Waals surface area contributed by atoms with Crippen LogP contribution in [0.3, 0.4) is 0 Å². The number of para-hydroxylation sites is 1. The lowest BCUT2D eigenvalue weighted by Crippen LogP contribution is -2.31. The molecule has 0 saturated carbocycles. The summed E-state index contributed by atoms with van der Waals surface area (Å²) in [5.74, 6) is 0.417. The van der Waals surface area contributed by atoms with Crippen LogP contribution in [0.1, 0.15) is 23.6 Å². The summed E-state index contributed by atoms with van der Waals surface area (Å²) in [6, 6.07) is 23.4. The van der Waals surface area contributed by atoms with E-state index in [0.717, 1.165) is 23.2 Å². The number of phenols is 1. The lowest BCUT2D eigenvalue weighted by Gasteiger charge is -2.15. The lowest BCUT2D eigenvalue weighted by atomic mass is 10.0. The number of aliphatic imine (C=N–C) groups is 1. The van der Waals surface area contributed by atoms with Gasteiger partial charge in [0.05, 0.1) is 17.2 Å². The SMILES string of the molecule is C=CCc1cc(/C=C2/SC(=Nc3ccccc3)N(CCc3ccccc3)C2=O)cc(OCC)c1O. The molecule has 1 amide bonds. The summed E-state index contributed by atoms with van der Waals surface area (Å²) in [7, 11) is 0. The number of nitrogens with zero attached hydrogens (tertiary/aromatic N) is 2. The molecular weight excluding hydrogens is 456 g/mol. The van der Waals surface area contributed by atoms with Crippen LogP contribution in [0, 0.1) is 0 Å². The second kappa shape index (κ2) is 11.6. The topological polar surface area (TPSA) is 62.1 Å². The molecule has 1 aliphatic heterocycles. The van der Waals surface area contributed by atoms with Gasteiger partial charge in [0.2, 0.25) is 0 Å². The van der Waals surface area contributed by atoms with Crippen molar-refractivity contribution in [2.24, 2.45) is 4.99 Å². The van der Waals surface area contributed by atoms with Crippen molar-refractivity contribution in [1.29, 1.82) is 0 Å². The van der Waals surface area contributed by atoms with E-state index >= 15 is 0 Å². The monoisotopic (exact) mass is 484 g/mol. The summed E-state index contributed by atoms with van der Waals surface area (Å²) in [5, 5.41) is 11.2. The average molecular weight is 485 g/mol. The number of benzene rings is 3. The molecule has 1 saturated heterocycles. The van der Waals surface area contributed by atoms with E-state index in [9.17, 15) is 9.90 Å². The van der Waals surface area contributed by atoms with E-state index in [1.807, 2.05) is 67.6 Å². The van der Waals surface area contributed by atoms with Crippen LogP contribution in [0.2, 0.25) is 0 Å². The van der Waals surface area contributed by atoms with Crippen LogP contribution in [-0.2, 0) is 17.6 Å². The standard InChI is InChI=1S/C29H28N2O3S/c1-3-11-23-18-22(19-25(27(23)32)34-4-2)20-26-28(33)31(17-16-21-12-7-5-8-13-21)29(35-26)30-24-14-9-6-10-15-24/h3,5-10,12-15,18-20,32H,1,4,11,16-17H2,2H3/b26-20+,30-29?. The molecule has 35 heavy (non-hydrogen) atoms. The van der Waals surface area contributed by atoms with Crippen LogP contribution < -0.4 is 4.74 Å². The molecule has 1 heterocycles. The van der Waals surface area contributed by atoms with Crippen molar-refractivity contribution in [3.05, 3.63) is 107 Å². The number of rotatable bonds is 9. The Balaban J connectivity index is 1.68. The number of thioether (sulfide) groups is 1. The highest BCUT2D eigenvalue weighted by Crippen LogP contribution is 2.37. The van der Waals surface area contributed by atoms with Crippen molar-refractivity contribution in [2.75, 3.05) is 13.2 Å². The highest BCUT2D eigenvalue weighted by atomic mass is 32.2. The van der Waals surface area contributed by atoms with Crippen LogP contribution in [-0.4, -0.2) is 34.2 Å². The van der Waals surface area contributed by atoms with Crippen molar-refractivity contribution in [1.82, 2.24) is 4.90 Å². The van der Waals surface area contributed by atoms with Gasteiger partial charge in [-0.25, -0.2) is 4.99 Å². The van der Waals surface area contributed by atoms with Gasteiger partial charge in [0.1, 0.15) is 0 Å². The van der Waals surface area contributed by atoms with Gasteiger partial charge in [0, 0.05) is 12.1 Å². The Morgan fingerprint density at radius 3 is 2.49 bits per heavy atom. The normalized spacial score (nSPS) is 15.7. The average Bonchev–Trinajstić information content (AvgIpc) is 3.15. The molecule has 178 valence electrons. The first-order valence-electron chi connectivity index (χ1n) is 11.6.